The van der Waals surface area contributed by atoms with Gasteiger partial charge in [-0.05, 0) is 98.7 Å². The molecule has 0 fully saturated rings. The Morgan fingerprint density at radius 1 is 1.11 bits per heavy atom. The van der Waals surface area contributed by atoms with Gasteiger partial charge in [-0.3, -0.25) is 0 Å². The molecule has 1 aromatic heterocycles. The van der Waals surface area contributed by atoms with Crippen LogP contribution in [-0.2, 0) is 47.6 Å². The SMILES string of the molecule is CCCc1c2c(c(NC(=O)N=S(N)(=O)c3cc(C(C)(C)O)n(-c4ccccc4)n3)c3c1CCC3)CCC2. The zero-order valence-electron chi connectivity index (χ0n) is 21.7. The van der Waals surface area contributed by atoms with Crippen molar-refractivity contribution in [3.63, 3.8) is 0 Å². The summed E-state index contributed by atoms with van der Waals surface area (Å²) in [5.41, 5.74) is 7.25. The van der Waals surface area contributed by atoms with Crippen molar-refractivity contribution in [1.29, 1.82) is 0 Å². The van der Waals surface area contributed by atoms with Crippen molar-refractivity contribution in [3.05, 3.63) is 69.9 Å². The third-order valence-corrected chi connectivity index (χ3v) is 8.57. The molecule has 1 unspecified atom stereocenters. The minimum atomic E-state index is -3.67. The van der Waals surface area contributed by atoms with E-state index < -0.39 is 21.5 Å². The van der Waals surface area contributed by atoms with Crippen molar-refractivity contribution in [2.24, 2.45) is 9.50 Å². The van der Waals surface area contributed by atoms with Crippen molar-refractivity contribution < 1.29 is 14.1 Å². The number of fused-ring (bicyclic) bond motifs is 2. The maximum absolute atomic E-state index is 13.5. The zero-order valence-corrected chi connectivity index (χ0v) is 22.5. The smallest absolute Gasteiger partial charge is 0.354 e. The summed E-state index contributed by atoms with van der Waals surface area (Å²) in [4.78, 5) is 13.1. The minimum absolute atomic E-state index is 0.0580. The average Bonchev–Trinajstić information content (AvgIpc) is 3.60. The summed E-state index contributed by atoms with van der Waals surface area (Å²) in [6, 6.07) is 9.90. The van der Waals surface area contributed by atoms with Crippen molar-refractivity contribution in [1.82, 2.24) is 9.78 Å². The quantitative estimate of drug-likeness (QED) is 0.424. The predicted octanol–water partition coefficient (Wildman–Crippen LogP) is 4.96. The molecule has 3 aromatic rings. The number of hydrogen-bond acceptors (Lipinski definition) is 4. The first-order valence-corrected chi connectivity index (χ1v) is 14.6. The Bertz CT molecular complexity index is 1440. The molecule has 8 nitrogen and oxygen atoms in total. The van der Waals surface area contributed by atoms with E-state index in [9.17, 15) is 14.1 Å². The Balaban J connectivity index is 1.52. The summed E-state index contributed by atoms with van der Waals surface area (Å²) in [5, 5.41) is 24.2. The monoisotopic (exact) mass is 521 g/mol. The van der Waals surface area contributed by atoms with Crippen molar-refractivity contribution >= 4 is 21.6 Å². The number of rotatable bonds is 6. The van der Waals surface area contributed by atoms with E-state index in [2.05, 4.69) is 21.7 Å². The number of hydrogen-bond donors (Lipinski definition) is 3. The average molecular weight is 522 g/mol. The highest BCUT2D eigenvalue weighted by Crippen LogP contribution is 2.42. The Hall–Kier alpha value is -3.01. The van der Waals surface area contributed by atoms with Gasteiger partial charge in [0.15, 0.2) is 14.9 Å². The summed E-state index contributed by atoms with van der Waals surface area (Å²) in [6.45, 7) is 5.43. The molecule has 9 heteroatoms. The summed E-state index contributed by atoms with van der Waals surface area (Å²) >= 11 is 0. The number of aliphatic hydroxyl groups is 1. The van der Waals surface area contributed by atoms with Gasteiger partial charge < -0.3 is 10.4 Å². The molecule has 37 heavy (non-hydrogen) atoms. The summed E-state index contributed by atoms with van der Waals surface area (Å²) in [7, 11) is -3.67. The number of aromatic nitrogens is 2. The molecule has 196 valence electrons. The molecule has 2 aliphatic carbocycles. The molecule has 0 aliphatic heterocycles. The topological polar surface area (TPSA) is 123 Å². The van der Waals surface area contributed by atoms with Gasteiger partial charge in [-0.2, -0.15) is 5.10 Å². The van der Waals surface area contributed by atoms with E-state index in [4.69, 9.17) is 5.14 Å². The van der Waals surface area contributed by atoms with Crippen LogP contribution in [0.5, 0.6) is 0 Å². The lowest BCUT2D eigenvalue weighted by molar-refractivity contribution is 0.0711. The lowest BCUT2D eigenvalue weighted by atomic mass is 9.90. The van der Waals surface area contributed by atoms with Gasteiger partial charge in [-0.1, -0.05) is 31.5 Å². The number of benzene rings is 2. The first kappa shape index (κ1) is 25.6. The largest absolute Gasteiger partial charge is 0.384 e. The molecule has 2 aromatic carbocycles. The highest BCUT2D eigenvalue weighted by atomic mass is 32.2. The number of carbonyl (C=O) groups is 1. The Morgan fingerprint density at radius 3 is 2.27 bits per heavy atom. The fourth-order valence-electron chi connectivity index (χ4n) is 5.78. The second kappa shape index (κ2) is 9.70. The normalized spacial score (nSPS) is 16.2. The molecular weight excluding hydrogens is 486 g/mol. The van der Waals surface area contributed by atoms with Crippen LogP contribution in [0.25, 0.3) is 5.69 Å². The number of anilines is 1. The Labute approximate surface area is 218 Å². The molecule has 0 saturated heterocycles. The lowest BCUT2D eigenvalue weighted by Gasteiger charge is -2.20. The van der Waals surface area contributed by atoms with Crippen LogP contribution in [0.2, 0.25) is 0 Å². The second-order valence-corrected chi connectivity index (χ2v) is 12.2. The molecule has 0 spiro atoms. The highest BCUT2D eigenvalue weighted by molar-refractivity contribution is 7.91. The van der Waals surface area contributed by atoms with Crippen molar-refractivity contribution in [2.75, 3.05) is 5.32 Å². The van der Waals surface area contributed by atoms with Gasteiger partial charge in [0, 0.05) is 11.8 Å². The molecule has 5 rings (SSSR count). The molecule has 0 bridgehead atoms. The van der Waals surface area contributed by atoms with Crippen LogP contribution in [0, 0.1) is 0 Å². The second-order valence-electron chi connectivity index (χ2n) is 10.5. The number of nitrogens with two attached hydrogens (primary N) is 1. The van der Waals surface area contributed by atoms with Crippen LogP contribution < -0.4 is 10.5 Å². The summed E-state index contributed by atoms with van der Waals surface area (Å²) < 4.78 is 18.9. The fraction of sp³-hybridized carbons (Fsp3) is 0.429. The van der Waals surface area contributed by atoms with E-state index in [-0.39, 0.29) is 5.03 Å². The highest BCUT2D eigenvalue weighted by Gasteiger charge is 2.30. The number of nitrogens with zero attached hydrogens (tertiary/aromatic N) is 3. The number of para-hydroxylation sites is 1. The van der Waals surface area contributed by atoms with Crippen LogP contribution >= 0.6 is 0 Å². The van der Waals surface area contributed by atoms with Gasteiger partial charge in [-0.15, -0.1) is 4.36 Å². The maximum Gasteiger partial charge on any atom is 0.354 e. The molecule has 2 amide bonds. The maximum atomic E-state index is 13.5. The molecule has 2 aliphatic rings. The third kappa shape index (κ3) is 4.83. The summed E-state index contributed by atoms with van der Waals surface area (Å²) in [5.74, 6) is 0. The van der Waals surface area contributed by atoms with E-state index >= 15 is 0 Å². The zero-order chi connectivity index (χ0) is 26.4. The lowest BCUT2D eigenvalue weighted by Crippen LogP contribution is -2.20. The van der Waals surface area contributed by atoms with Crippen molar-refractivity contribution in [2.45, 2.75) is 82.8 Å². The van der Waals surface area contributed by atoms with Gasteiger partial charge >= 0.3 is 6.03 Å². The van der Waals surface area contributed by atoms with E-state index in [0.717, 1.165) is 57.1 Å². The molecular formula is C28H35N5O3S. The summed E-state index contributed by atoms with van der Waals surface area (Å²) in [6.07, 6.45) is 8.20. The van der Waals surface area contributed by atoms with Gasteiger partial charge in [0.25, 0.3) is 0 Å². The van der Waals surface area contributed by atoms with E-state index in [0.29, 0.717) is 11.4 Å². The van der Waals surface area contributed by atoms with E-state index in [1.807, 2.05) is 30.3 Å². The Morgan fingerprint density at radius 2 is 1.70 bits per heavy atom. The number of nitrogens with one attached hydrogen (secondary N) is 1. The number of amides is 2. The van der Waals surface area contributed by atoms with E-state index in [1.54, 1.807) is 13.8 Å². The Kier molecular flexibility index (Phi) is 6.72. The minimum Gasteiger partial charge on any atom is -0.384 e. The van der Waals surface area contributed by atoms with Crippen LogP contribution in [0.1, 0.15) is 73.5 Å². The number of urea groups is 1. The standard InChI is InChI=1S/C28H35N5O3S/c1-4-10-19-20-13-8-15-22(20)26(23-16-9-14-21(19)23)30-27(34)32-37(29,36)25-17-24(28(2,3)35)33(31-25)18-11-6-5-7-12-18/h5-7,11-12,17,35H,4,8-10,13-16H2,1-3H3,(H3,29,30,32,34,36). The molecule has 0 saturated carbocycles. The first-order valence-electron chi connectivity index (χ1n) is 13.0. The van der Waals surface area contributed by atoms with E-state index in [1.165, 1.54) is 38.6 Å². The predicted molar refractivity (Wildman–Crippen MR) is 145 cm³/mol. The van der Waals surface area contributed by atoms with Gasteiger partial charge in [0.1, 0.15) is 5.60 Å². The molecule has 1 heterocycles. The van der Waals surface area contributed by atoms with Crippen LogP contribution in [0.3, 0.4) is 0 Å². The molecule has 1 atom stereocenters. The van der Waals surface area contributed by atoms with Crippen LogP contribution in [0.15, 0.2) is 45.8 Å². The van der Waals surface area contributed by atoms with Gasteiger partial charge in [0.2, 0.25) is 0 Å². The third-order valence-electron chi connectivity index (χ3n) is 7.33. The van der Waals surface area contributed by atoms with Crippen LogP contribution in [0.4, 0.5) is 10.5 Å². The molecule has 0 radical (unpaired) electrons. The van der Waals surface area contributed by atoms with Crippen molar-refractivity contribution in [3.8, 4) is 5.69 Å². The first-order chi connectivity index (χ1) is 17.6. The van der Waals surface area contributed by atoms with Gasteiger partial charge in [0.05, 0.1) is 11.4 Å². The van der Waals surface area contributed by atoms with Crippen LogP contribution in [-0.4, -0.2) is 25.1 Å². The fourth-order valence-corrected chi connectivity index (χ4v) is 6.64. The van der Waals surface area contributed by atoms with Gasteiger partial charge in [-0.25, -0.2) is 18.8 Å². The molecule has 4 N–H and O–H groups in total. The number of carbonyl (C=O) groups excluding carboxylic acids is 1.